The largest absolute Gasteiger partial charge is 0.382 e. The second-order valence-corrected chi connectivity index (χ2v) is 12.5. The number of fused-ring (bicyclic) bond motifs is 1. The van der Waals surface area contributed by atoms with E-state index in [0.717, 1.165) is 0 Å². The van der Waals surface area contributed by atoms with Gasteiger partial charge in [0.2, 0.25) is 5.90 Å². The summed E-state index contributed by atoms with van der Waals surface area (Å²) in [6, 6.07) is 20.1. The van der Waals surface area contributed by atoms with E-state index < -0.39 is 40.3 Å². The number of hydroxylamine groups is 2. The molecule has 2 unspecified atom stereocenters. The highest BCUT2D eigenvalue weighted by molar-refractivity contribution is 7.80. The van der Waals surface area contributed by atoms with E-state index in [9.17, 15) is 14.0 Å². The molecule has 2 aliphatic heterocycles. The number of benzene rings is 3. The zero-order valence-electron chi connectivity index (χ0n) is 18.4. The monoisotopic (exact) mass is 531 g/mol. The van der Waals surface area contributed by atoms with Gasteiger partial charge < -0.3 is 9.40 Å². The zero-order chi connectivity index (χ0) is 25.0. The molecule has 178 valence electrons. The highest BCUT2D eigenvalue weighted by Gasteiger charge is 2.60. The third-order valence-electron chi connectivity index (χ3n) is 6.58. The van der Waals surface area contributed by atoms with Gasteiger partial charge in [-0.1, -0.05) is 83.9 Å². The standard InChI is InChI=1S/C25H18Cl2F2N3O2P/c1-25(35(33,15-8-4-2-5-9-15)16-10-6-3-7-11-16)13-12-18-31-24(34-32(18)25)19-17(14-30)20(26)22(28)23(29)21(19)27/h2-11,18H,12-13H2,1H3. The Labute approximate surface area is 210 Å². The van der Waals surface area contributed by atoms with Crippen LogP contribution in [-0.2, 0) is 9.40 Å². The Balaban J connectivity index is 1.63. The first kappa shape index (κ1) is 24.0. The highest BCUT2D eigenvalue weighted by Crippen LogP contribution is 2.63. The first-order valence-corrected chi connectivity index (χ1v) is 13.2. The van der Waals surface area contributed by atoms with Crippen LogP contribution in [0.3, 0.4) is 0 Å². The minimum absolute atomic E-state index is 0.170. The molecule has 0 saturated carbocycles. The summed E-state index contributed by atoms with van der Waals surface area (Å²) in [5.74, 6) is -2.99. The zero-order valence-corrected chi connectivity index (χ0v) is 20.8. The maximum absolute atomic E-state index is 15.1. The fourth-order valence-electron chi connectivity index (χ4n) is 4.80. The molecule has 3 aromatic rings. The maximum Gasteiger partial charge on any atom is 0.245 e. The fourth-order valence-corrected chi connectivity index (χ4v) is 8.77. The molecule has 2 aliphatic rings. The van der Waals surface area contributed by atoms with Crippen LogP contribution in [-0.4, -0.2) is 22.4 Å². The number of rotatable bonds is 4. The summed E-state index contributed by atoms with van der Waals surface area (Å²) in [4.78, 5) is 10.6. The van der Waals surface area contributed by atoms with Crippen LogP contribution in [0.1, 0.15) is 30.9 Å². The lowest BCUT2D eigenvalue weighted by Gasteiger charge is -2.40. The van der Waals surface area contributed by atoms with Crippen molar-refractivity contribution < 1.29 is 18.2 Å². The molecule has 0 amide bonds. The van der Waals surface area contributed by atoms with Gasteiger partial charge in [-0.25, -0.2) is 13.8 Å². The van der Waals surface area contributed by atoms with Crippen molar-refractivity contribution in [2.45, 2.75) is 31.2 Å². The average molecular weight is 532 g/mol. The lowest BCUT2D eigenvalue weighted by molar-refractivity contribution is -0.102. The van der Waals surface area contributed by atoms with Gasteiger partial charge in [0.05, 0.1) is 21.2 Å². The van der Waals surface area contributed by atoms with Gasteiger partial charge in [-0.3, -0.25) is 0 Å². The first-order valence-electron chi connectivity index (χ1n) is 10.8. The summed E-state index contributed by atoms with van der Waals surface area (Å²) in [7, 11) is -3.36. The third kappa shape index (κ3) is 3.43. The van der Waals surface area contributed by atoms with Crippen molar-refractivity contribution in [1.82, 2.24) is 5.06 Å². The van der Waals surface area contributed by atoms with Gasteiger partial charge in [-0.15, -0.1) is 5.06 Å². The van der Waals surface area contributed by atoms with Crippen LogP contribution in [0.2, 0.25) is 10.0 Å². The summed E-state index contributed by atoms with van der Waals surface area (Å²) < 4.78 is 43.6. The van der Waals surface area contributed by atoms with E-state index >= 15 is 4.57 Å². The van der Waals surface area contributed by atoms with Gasteiger partial charge >= 0.3 is 0 Å². The van der Waals surface area contributed by atoms with E-state index in [0.29, 0.717) is 23.5 Å². The Morgan fingerprint density at radius 3 is 2.14 bits per heavy atom. The Kier molecular flexibility index (Phi) is 5.97. The summed E-state index contributed by atoms with van der Waals surface area (Å²) >= 11 is 12.0. The van der Waals surface area contributed by atoms with Crippen LogP contribution in [0.15, 0.2) is 65.7 Å². The molecule has 3 aromatic carbocycles. The van der Waals surface area contributed by atoms with E-state index in [4.69, 9.17) is 28.0 Å². The third-order valence-corrected chi connectivity index (χ3v) is 11.1. The molecule has 0 bridgehead atoms. The van der Waals surface area contributed by atoms with E-state index in [1.807, 2.05) is 67.6 Å². The van der Waals surface area contributed by atoms with E-state index in [-0.39, 0.29) is 17.0 Å². The topological polar surface area (TPSA) is 65.7 Å². The molecule has 1 saturated heterocycles. The van der Waals surface area contributed by atoms with Crippen molar-refractivity contribution in [2.75, 3.05) is 0 Å². The molecule has 5 rings (SSSR count). The summed E-state index contributed by atoms with van der Waals surface area (Å²) in [6.45, 7) is 1.84. The van der Waals surface area contributed by atoms with E-state index in [1.165, 1.54) is 5.06 Å². The van der Waals surface area contributed by atoms with Gasteiger partial charge in [0.25, 0.3) is 0 Å². The Morgan fingerprint density at radius 2 is 1.60 bits per heavy atom. The van der Waals surface area contributed by atoms with Gasteiger partial charge in [0.15, 0.2) is 18.8 Å². The van der Waals surface area contributed by atoms with Crippen molar-refractivity contribution in [3.05, 3.63) is 93.5 Å². The van der Waals surface area contributed by atoms with Gasteiger partial charge in [-0.2, -0.15) is 5.26 Å². The lowest BCUT2D eigenvalue weighted by atomic mass is 10.1. The van der Waals surface area contributed by atoms with Crippen molar-refractivity contribution in [3.8, 4) is 6.07 Å². The van der Waals surface area contributed by atoms with Crippen molar-refractivity contribution >= 4 is 46.9 Å². The molecule has 0 aromatic heterocycles. The van der Waals surface area contributed by atoms with Gasteiger partial charge in [0, 0.05) is 10.6 Å². The molecular weight excluding hydrogens is 514 g/mol. The lowest BCUT2D eigenvalue weighted by Crippen LogP contribution is -2.47. The number of nitrogens with zero attached hydrogens (tertiary/aromatic N) is 3. The van der Waals surface area contributed by atoms with Crippen LogP contribution in [0, 0.1) is 23.0 Å². The van der Waals surface area contributed by atoms with E-state index in [1.54, 1.807) is 6.07 Å². The molecule has 5 nitrogen and oxygen atoms in total. The Hall–Kier alpha value is -2.75. The normalized spacial score (nSPS) is 21.8. The molecule has 0 N–H and O–H groups in total. The number of aliphatic imine (C=N–C) groups is 1. The Bertz CT molecular complexity index is 1400. The Morgan fingerprint density at radius 1 is 1.06 bits per heavy atom. The van der Waals surface area contributed by atoms with Crippen LogP contribution in [0.5, 0.6) is 0 Å². The van der Waals surface area contributed by atoms with Crippen LogP contribution in [0.4, 0.5) is 8.78 Å². The van der Waals surface area contributed by atoms with E-state index in [2.05, 4.69) is 4.99 Å². The molecule has 0 aliphatic carbocycles. The summed E-state index contributed by atoms with van der Waals surface area (Å²) in [5.41, 5.74) is -0.615. The second-order valence-electron chi connectivity index (χ2n) is 8.49. The van der Waals surface area contributed by atoms with Gasteiger partial charge in [-0.05, 0) is 19.8 Å². The second kappa shape index (κ2) is 8.72. The van der Waals surface area contributed by atoms with Crippen molar-refractivity contribution in [3.63, 3.8) is 0 Å². The quantitative estimate of drug-likeness (QED) is 0.235. The minimum Gasteiger partial charge on any atom is -0.382 e. The summed E-state index contributed by atoms with van der Waals surface area (Å²) in [5, 5.41) is 10.0. The summed E-state index contributed by atoms with van der Waals surface area (Å²) in [6.07, 6.45) is 0.415. The van der Waals surface area contributed by atoms with Crippen molar-refractivity contribution in [2.24, 2.45) is 4.99 Å². The predicted molar refractivity (Wildman–Crippen MR) is 132 cm³/mol. The molecule has 35 heavy (non-hydrogen) atoms. The highest BCUT2D eigenvalue weighted by atomic mass is 35.5. The number of nitriles is 1. The molecule has 10 heteroatoms. The van der Waals surface area contributed by atoms with Crippen LogP contribution >= 0.6 is 30.3 Å². The number of hydrogen-bond donors (Lipinski definition) is 0. The fraction of sp³-hybridized carbons (Fsp3) is 0.200. The molecule has 2 heterocycles. The minimum atomic E-state index is -3.36. The number of halogens is 4. The molecule has 1 fully saturated rings. The number of hydrogen-bond acceptors (Lipinski definition) is 5. The molecular formula is C25H18Cl2F2N3O2P. The predicted octanol–water partition coefficient (Wildman–Crippen LogP) is 5.99. The maximum atomic E-state index is 15.1. The molecule has 0 spiro atoms. The van der Waals surface area contributed by atoms with Crippen molar-refractivity contribution in [1.29, 1.82) is 5.26 Å². The molecule has 0 radical (unpaired) electrons. The smallest absolute Gasteiger partial charge is 0.245 e. The SMILES string of the molecule is CC1(P(=O)(c2ccccc2)c2ccccc2)CCC2N=C(c3c(Cl)c(F)c(F)c(Cl)c3C#N)ON21. The first-order chi connectivity index (χ1) is 16.7. The van der Waals surface area contributed by atoms with Gasteiger partial charge in [0.1, 0.15) is 17.5 Å². The van der Waals surface area contributed by atoms with Crippen LogP contribution in [0.25, 0.3) is 0 Å². The average Bonchev–Trinajstić information content (AvgIpc) is 3.45. The molecule has 2 atom stereocenters. The van der Waals surface area contributed by atoms with Crippen LogP contribution < -0.4 is 10.6 Å².